The third kappa shape index (κ3) is 3.22. The smallest absolute Gasteiger partial charge is 0.161 e. The summed E-state index contributed by atoms with van der Waals surface area (Å²) in [6.45, 7) is 7.25. The molecule has 0 saturated heterocycles. The third-order valence-electron chi connectivity index (χ3n) is 3.49. The second kappa shape index (κ2) is 6.22. The largest absolute Gasteiger partial charge is 0.489 e. The van der Waals surface area contributed by atoms with Crippen molar-refractivity contribution in [3.05, 3.63) is 36.1 Å². The van der Waals surface area contributed by atoms with Crippen molar-refractivity contribution < 1.29 is 13.9 Å². The Morgan fingerprint density at radius 1 is 1.10 bits per heavy atom. The summed E-state index contributed by atoms with van der Waals surface area (Å²) in [5.41, 5.74) is 1.01. The van der Waals surface area contributed by atoms with Crippen molar-refractivity contribution in [2.75, 3.05) is 19.8 Å². The molecular formula is C17H21NO3. The topological polar surface area (TPSA) is 43.6 Å². The van der Waals surface area contributed by atoms with Crippen molar-refractivity contribution in [1.82, 2.24) is 5.32 Å². The molecule has 4 heteroatoms. The second-order valence-corrected chi connectivity index (χ2v) is 5.43. The van der Waals surface area contributed by atoms with Crippen molar-refractivity contribution in [2.45, 2.75) is 20.4 Å². The van der Waals surface area contributed by atoms with E-state index >= 15 is 0 Å². The Morgan fingerprint density at radius 2 is 1.90 bits per heavy atom. The lowest BCUT2D eigenvalue weighted by molar-refractivity contribution is 0.228. The van der Waals surface area contributed by atoms with Crippen LogP contribution in [-0.4, -0.2) is 19.8 Å². The van der Waals surface area contributed by atoms with Gasteiger partial charge in [0.25, 0.3) is 0 Å². The molecule has 1 N–H and O–H groups in total. The molecule has 0 saturated carbocycles. The van der Waals surface area contributed by atoms with Crippen molar-refractivity contribution in [2.24, 2.45) is 5.92 Å². The van der Waals surface area contributed by atoms with E-state index < -0.39 is 0 Å². The molecule has 1 aliphatic heterocycles. The van der Waals surface area contributed by atoms with Crippen LogP contribution in [0.15, 0.2) is 34.7 Å². The molecule has 112 valence electrons. The molecule has 0 fully saturated rings. The average Bonchev–Trinajstić information content (AvgIpc) is 2.90. The van der Waals surface area contributed by atoms with Gasteiger partial charge in [0.15, 0.2) is 11.5 Å². The second-order valence-electron chi connectivity index (χ2n) is 5.43. The first-order chi connectivity index (χ1) is 10.3. The van der Waals surface area contributed by atoms with Crippen LogP contribution >= 0.6 is 0 Å². The van der Waals surface area contributed by atoms with Crippen LogP contribution in [0.3, 0.4) is 0 Å². The van der Waals surface area contributed by atoms with Crippen LogP contribution < -0.4 is 14.8 Å². The van der Waals surface area contributed by atoms with E-state index in [9.17, 15) is 0 Å². The molecule has 0 aliphatic carbocycles. The molecule has 1 unspecified atom stereocenters. The fraction of sp³-hybridized carbons (Fsp3) is 0.412. The highest BCUT2D eigenvalue weighted by Crippen LogP contribution is 2.35. The van der Waals surface area contributed by atoms with Gasteiger partial charge in [-0.2, -0.15) is 0 Å². The molecule has 0 spiro atoms. The maximum atomic E-state index is 5.86. The molecule has 1 aliphatic rings. The highest BCUT2D eigenvalue weighted by molar-refractivity contribution is 5.63. The van der Waals surface area contributed by atoms with E-state index in [0.717, 1.165) is 41.7 Å². The molecule has 0 bridgehead atoms. The van der Waals surface area contributed by atoms with Crippen molar-refractivity contribution in [1.29, 1.82) is 0 Å². The molecular weight excluding hydrogens is 266 g/mol. The normalized spacial score (nSPS) is 17.5. The van der Waals surface area contributed by atoms with E-state index in [1.165, 1.54) is 0 Å². The molecule has 1 aromatic heterocycles. The monoisotopic (exact) mass is 287 g/mol. The quantitative estimate of drug-likeness (QED) is 0.935. The van der Waals surface area contributed by atoms with Gasteiger partial charge in [-0.1, -0.05) is 13.8 Å². The minimum Gasteiger partial charge on any atom is -0.489 e. The lowest BCUT2D eigenvalue weighted by Gasteiger charge is -2.08. The molecule has 2 heterocycles. The van der Waals surface area contributed by atoms with Gasteiger partial charge in [0.1, 0.15) is 11.5 Å². The van der Waals surface area contributed by atoms with E-state index in [4.69, 9.17) is 13.9 Å². The summed E-state index contributed by atoms with van der Waals surface area (Å²) in [4.78, 5) is 0. The number of furan rings is 1. The van der Waals surface area contributed by atoms with E-state index in [-0.39, 0.29) is 0 Å². The average molecular weight is 287 g/mol. The number of ether oxygens (including phenoxy) is 2. The zero-order valence-corrected chi connectivity index (χ0v) is 12.5. The predicted molar refractivity (Wildman–Crippen MR) is 81.7 cm³/mol. The van der Waals surface area contributed by atoms with Crippen LogP contribution in [0, 0.1) is 5.92 Å². The van der Waals surface area contributed by atoms with Crippen molar-refractivity contribution >= 4 is 0 Å². The molecule has 1 aromatic carbocycles. The van der Waals surface area contributed by atoms with Gasteiger partial charge < -0.3 is 19.2 Å². The highest BCUT2D eigenvalue weighted by atomic mass is 16.5. The van der Waals surface area contributed by atoms with Gasteiger partial charge in [0.05, 0.1) is 19.8 Å². The van der Waals surface area contributed by atoms with Crippen LogP contribution in [0.4, 0.5) is 0 Å². The number of benzene rings is 1. The molecule has 4 nitrogen and oxygen atoms in total. The lowest BCUT2D eigenvalue weighted by Crippen LogP contribution is -2.12. The van der Waals surface area contributed by atoms with Gasteiger partial charge >= 0.3 is 0 Å². The third-order valence-corrected chi connectivity index (χ3v) is 3.49. The Kier molecular flexibility index (Phi) is 4.15. The molecule has 0 radical (unpaired) electrons. The lowest BCUT2D eigenvalue weighted by atomic mass is 10.1. The molecule has 1 atom stereocenters. The number of rotatable bonds is 4. The van der Waals surface area contributed by atoms with E-state index in [2.05, 4.69) is 19.2 Å². The van der Waals surface area contributed by atoms with E-state index in [1.807, 2.05) is 30.3 Å². The van der Waals surface area contributed by atoms with Crippen LogP contribution in [0.1, 0.15) is 19.6 Å². The minimum absolute atomic E-state index is 0.399. The van der Waals surface area contributed by atoms with E-state index in [1.54, 1.807) is 0 Å². The zero-order chi connectivity index (χ0) is 14.7. The number of hydrogen-bond donors (Lipinski definition) is 1. The fourth-order valence-corrected chi connectivity index (χ4v) is 2.28. The Labute approximate surface area is 125 Å². The Balaban J connectivity index is 1.81. The van der Waals surface area contributed by atoms with Crippen molar-refractivity contribution in [3.63, 3.8) is 0 Å². The van der Waals surface area contributed by atoms with Gasteiger partial charge in [0.2, 0.25) is 0 Å². The highest BCUT2D eigenvalue weighted by Gasteiger charge is 2.16. The van der Waals surface area contributed by atoms with Crippen LogP contribution in [0.2, 0.25) is 0 Å². The summed E-state index contributed by atoms with van der Waals surface area (Å²) < 4.78 is 17.4. The Morgan fingerprint density at radius 3 is 2.71 bits per heavy atom. The maximum Gasteiger partial charge on any atom is 0.161 e. The number of nitrogens with one attached hydrogen (secondary N) is 1. The summed E-state index contributed by atoms with van der Waals surface area (Å²) >= 11 is 0. The molecule has 21 heavy (non-hydrogen) atoms. The maximum absolute atomic E-state index is 5.86. The van der Waals surface area contributed by atoms with Crippen molar-refractivity contribution in [3.8, 4) is 22.8 Å². The van der Waals surface area contributed by atoms with Gasteiger partial charge in [-0.25, -0.2) is 0 Å². The first-order valence-corrected chi connectivity index (χ1v) is 7.45. The van der Waals surface area contributed by atoms with Gasteiger partial charge in [-0.05, 0) is 36.9 Å². The summed E-state index contributed by atoms with van der Waals surface area (Å²) in [6.07, 6.45) is 0. The summed E-state index contributed by atoms with van der Waals surface area (Å²) in [5.74, 6) is 3.79. The minimum atomic E-state index is 0.399. The van der Waals surface area contributed by atoms with Crippen LogP contribution in [0.25, 0.3) is 11.3 Å². The molecule has 3 rings (SSSR count). The predicted octanol–water partition coefficient (Wildman–Crippen LogP) is 3.46. The number of fused-ring (bicyclic) bond motifs is 1. The van der Waals surface area contributed by atoms with Crippen LogP contribution in [0.5, 0.6) is 11.5 Å². The molecule has 2 aromatic rings. The first-order valence-electron chi connectivity index (χ1n) is 7.45. The van der Waals surface area contributed by atoms with Gasteiger partial charge in [0, 0.05) is 11.5 Å². The SMILES string of the molecule is CCNCc1ccc(-c2ccc3c(c2)OCC(C)CO3)o1. The zero-order valence-electron chi connectivity index (χ0n) is 12.5. The number of hydrogen-bond acceptors (Lipinski definition) is 4. The Bertz CT molecular complexity index is 606. The standard InChI is InChI=1S/C17H21NO3/c1-3-18-9-14-5-7-15(21-14)13-4-6-16-17(8-13)20-11-12(2)10-19-16/h4-8,12,18H,3,9-11H2,1-2H3. The summed E-state index contributed by atoms with van der Waals surface area (Å²) in [5, 5.41) is 3.25. The first kappa shape index (κ1) is 14.0. The van der Waals surface area contributed by atoms with Gasteiger partial charge in [-0.3, -0.25) is 0 Å². The molecule has 0 amide bonds. The summed E-state index contributed by atoms with van der Waals surface area (Å²) in [6, 6.07) is 9.95. The van der Waals surface area contributed by atoms with Crippen LogP contribution in [-0.2, 0) is 6.54 Å². The van der Waals surface area contributed by atoms with E-state index in [0.29, 0.717) is 19.1 Å². The summed E-state index contributed by atoms with van der Waals surface area (Å²) in [7, 11) is 0. The fourth-order valence-electron chi connectivity index (χ4n) is 2.28. The van der Waals surface area contributed by atoms with Gasteiger partial charge in [-0.15, -0.1) is 0 Å². The Hall–Kier alpha value is -1.94.